The van der Waals surface area contributed by atoms with Gasteiger partial charge in [-0.1, -0.05) is 15.9 Å². The Hall–Kier alpha value is -2.28. The first-order valence-electron chi connectivity index (χ1n) is 5.54. The summed E-state index contributed by atoms with van der Waals surface area (Å²) in [6, 6.07) is 7.54. The highest BCUT2D eigenvalue weighted by Crippen LogP contribution is 2.12. The van der Waals surface area contributed by atoms with Gasteiger partial charge < -0.3 is 5.11 Å². The summed E-state index contributed by atoms with van der Waals surface area (Å²) in [5.74, 6) is -1.82. The van der Waals surface area contributed by atoms with Gasteiger partial charge in [0.05, 0.1) is 5.69 Å². The van der Waals surface area contributed by atoms with Crippen molar-refractivity contribution in [2.24, 2.45) is 0 Å². The fourth-order valence-corrected chi connectivity index (χ4v) is 1.84. The lowest BCUT2D eigenvalue weighted by Gasteiger charge is -2.07. The minimum atomic E-state index is -1.40. The molecule has 7 heteroatoms. The van der Waals surface area contributed by atoms with Crippen LogP contribution in [0.2, 0.25) is 0 Å². The van der Waals surface area contributed by atoms with Gasteiger partial charge in [0.1, 0.15) is 11.3 Å². The number of hydrogen-bond acceptors (Lipinski definition) is 4. The summed E-state index contributed by atoms with van der Waals surface area (Å²) in [4.78, 5) is 34.5. The van der Waals surface area contributed by atoms with Gasteiger partial charge in [-0.25, -0.2) is 4.79 Å². The third-order valence-corrected chi connectivity index (χ3v) is 3.10. The Kier molecular flexibility index (Phi) is 3.80. The second-order valence-electron chi connectivity index (χ2n) is 4.00. The number of aromatic nitrogens is 2. The van der Waals surface area contributed by atoms with Crippen LogP contribution in [0, 0.1) is 0 Å². The van der Waals surface area contributed by atoms with E-state index in [-0.39, 0.29) is 5.69 Å². The summed E-state index contributed by atoms with van der Waals surface area (Å²) < 4.78 is 1.71. The number of rotatable bonds is 3. The summed E-state index contributed by atoms with van der Waals surface area (Å²) >= 11 is 3.26. The average Bonchev–Trinajstić information content (AvgIpc) is 2.39. The average molecular weight is 337 g/mol. The lowest BCUT2D eigenvalue weighted by Crippen LogP contribution is -2.29. The Labute approximate surface area is 121 Å². The molecule has 0 bridgehead atoms. The number of halogens is 1. The number of carbonyl (C=O) groups is 2. The molecule has 6 nitrogen and oxygen atoms in total. The number of carbonyl (C=O) groups excluding carboxylic acids is 1. The zero-order valence-electron chi connectivity index (χ0n) is 10.3. The summed E-state index contributed by atoms with van der Waals surface area (Å²) in [6.45, 7) is 1.25. The van der Waals surface area contributed by atoms with Gasteiger partial charge in [-0.2, -0.15) is 9.78 Å². The summed E-state index contributed by atoms with van der Waals surface area (Å²) in [5, 5.41) is 12.9. The molecular weight excluding hydrogens is 328 g/mol. The first-order valence-corrected chi connectivity index (χ1v) is 6.34. The van der Waals surface area contributed by atoms with E-state index in [1.165, 1.54) is 6.92 Å². The van der Waals surface area contributed by atoms with E-state index in [0.29, 0.717) is 5.69 Å². The van der Waals surface area contributed by atoms with Crippen molar-refractivity contribution in [2.45, 2.75) is 6.92 Å². The van der Waals surface area contributed by atoms with Gasteiger partial charge in [0.25, 0.3) is 5.56 Å². The number of carboxylic acid groups (broad SMARTS) is 1. The molecule has 0 amide bonds. The minimum absolute atomic E-state index is 0.0788. The van der Waals surface area contributed by atoms with Crippen LogP contribution in [-0.2, 0) is 0 Å². The van der Waals surface area contributed by atoms with Gasteiger partial charge in [-0.15, -0.1) is 0 Å². The van der Waals surface area contributed by atoms with Crippen molar-refractivity contribution in [3.05, 3.63) is 56.4 Å². The van der Waals surface area contributed by atoms with E-state index in [9.17, 15) is 14.4 Å². The second-order valence-corrected chi connectivity index (χ2v) is 4.91. The number of benzene rings is 1. The molecule has 0 fully saturated rings. The first-order chi connectivity index (χ1) is 9.40. The fraction of sp³-hybridized carbons (Fsp3) is 0.0769. The molecule has 102 valence electrons. The molecule has 0 spiro atoms. The SMILES string of the molecule is CC(=O)c1cc(C(=O)O)c(=O)n(-c2ccc(Br)cc2)n1. The predicted octanol–water partition coefficient (Wildman–Crippen LogP) is 1.90. The predicted molar refractivity (Wildman–Crippen MR) is 74.5 cm³/mol. The van der Waals surface area contributed by atoms with Crippen LogP contribution in [0.15, 0.2) is 39.6 Å². The highest BCUT2D eigenvalue weighted by molar-refractivity contribution is 9.10. The number of nitrogens with zero attached hydrogens (tertiary/aromatic N) is 2. The first kappa shape index (κ1) is 14.1. The third kappa shape index (κ3) is 2.67. The van der Waals surface area contributed by atoms with Crippen molar-refractivity contribution in [2.75, 3.05) is 0 Å². The standard InChI is InChI=1S/C13H9BrN2O4/c1-7(17)11-6-10(13(19)20)12(18)16(15-11)9-4-2-8(14)3-5-9/h2-6H,1H3,(H,19,20). The number of ketones is 1. The Balaban J connectivity index is 2.74. The zero-order valence-corrected chi connectivity index (χ0v) is 11.9. The van der Waals surface area contributed by atoms with Crippen molar-refractivity contribution in [1.29, 1.82) is 0 Å². The number of carboxylic acids is 1. The van der Waals surface area contributed by atoms with E-state index in [0.717, 1.165) is 15.2 Å². The number of aromatic carboxylic acids is 1. The van der Waals surface area contributed by atoms with Crippen molar-refractivity contribution in [3.8, 4) is 5.69 Å². The Bertz CT molecular complexity index is 750. The van der Waals surface area contributed by atoms with Crippen molar-refractivity contribution >= 4 is 27.7 Å². The van der Waals surface area contributed by atoms with Crippen molar-refractivity contribution in [1.82, 2.24) is 9.78 Å². The maximum atomic E-state index is 12.1. The lowest BCUT2D eigenvalue weighted by molar-refractivity contribution is 0.0694. The molecule has 1 N–H and O–H groups in total. The largest absolute Gasteiger partial charge is 0.477 e. The normalized spacial score (nSPS) is 10.3. The topological polar surface area (TPSA) is 89.3 Å². The molecule has 0 saturated carbocycles. The van der Waals surface area contributed by atoms with E-state index in [1.54, 1.807) is 24.3 Å². The molecule has 0 aliphatic rings. The third-order valence-electron chi connectivity index (χ3n) is 2.57. The molecule has 1 heterocycles. The summed E-state index contributed by atoms with van der Waals surface area (Å²) in [7, 11) is 0. The van der Waals surface area contributed by atoms with Gasteiger partial charge in [0, 0.05) is 11.4 Å². The van der Waals surface area contributed by atoms with Gasteiger partial charge in [0.15, 0.2) is 5.78 Å². The summed E-state index contributed by atoms with van der Waals surface area (Å²) in [6.07, 6.45) is 0. The molecule has 2 rings (SSSR count). The van der Waals surface area contributed by atoms with Gasteiger partial charge in [0.2, 0.25) is 0 Å². The van der Waals surface area contributed by atoms with Crippen LogP contribution < -0.4 is 5.56 Å². The maximum absolute atomic E-state index is 12.1. The molecule has 0 unspecified atom stereocenters. The molecule has 1 aromatic carbocycles. The smallest absolute Gasteiger partial charge is 0.341 e. The number of hydrogen-bond donors (Lipinski definition) is 1. The van der Waals surface area contributed by atoms with Crippen molar-refractivity contribution in [3.63, 3.8) is 0 Å². The quantitative estimate of drug-likeness (QED) is 0.864. The van der Waals surface area contributed by atoms with Crippen LogP contribution >= 0.6 is 15.9 Å². The van der Waals surface area contributed by atoms with Gasteiger partial charge >= 0.3 is 5.97 Å². The summed E-state index contributed by atoms with van der Waals surface area (Å²) in [5.41, 5.74) is -0.980. The van der Waals surface area contributed by atoms with Crippen LogP contribution in [0.3, 0.4) is 0 Å². The van der Waals surface area contributed by atoms with E-state index >= 15 is 0 Å². The highest BCUT2D eigenvalue weighted by atomic mass is 79.9. The van der Waals surface area contributed by atoms with Crippen LogP contribution in [0.4, 0.5) is 0 Å². The molecule has 2 aromatic rings. The molecule has 0 aliphatic heterocycles. The van der Waals surface area contributed by atoms with E-state index in [4.69, 9.17) is 5.11 Å². The molecular formula is C13H9BrN2O4. The van der Waals surface area contributed by atoms with E-state index < -0.39 is 22.9 Å². The van der Waals surface area contributed by atoms with Gasteiger partial charge in [-0.05, 0) is 30.3 Å². The highest BCUT2D eigenvalue weighted by Gasteiger charge is 2.17. The molecule has 20 heavy (non-hydrogen) atoms. The minimum Gasteiger partial charge on any atom is -0.477 e. The molecule has 0 saturated heterocycles. The van der Waals surface area contributed by atoms with E-state index in [1.807, 2.05) is 0 Å². The van der Waals surface area contributed by atoms with Crippen LogP contribution in [-0.4, -0.2) is 26.6 Å². The lowest BCUT2D eigenvalue weighted by atomic mass is 10.2. The van der Waals surface area contributed by atoms with Crippen LogP contribution in [0.5, 0.6) is 0 Å². The molecule has 0 aliphatic carbocycles. The second kappa shape index (κ2) is 5.38. The Morgan fingerprint density at radius 2 is 1.85 bits per heavy atom. The molecule has 0 atom stereocenters. The fourth-order valence-electron chi connectivity index (χ4n) is 1.58. The number of Topliss-reactive ketones (excluding diaryl/α,β-unsaturated/α-hetero) is 1. The van der Waals surface area contributed by atoms with Crippen LogP contribution in [0.25, 0.3) is 5.69 Å². The van der Waals surface area contributed by atoms with Crippen molar-refractivity contribution < 1.29 is 14.7 Å². The molecule has 1 aromatic heterocycles. The molecule has 0 radical (unpaired) electrons. The Morgan fingerprint density at radius 3 is 2.35 bits per heavy atom. The zero-order chi connectivity index (χ0) is 14.9. The Morgan fingerprint density at radius 1 is 1.25 bits per heavy atom. The monoisotopic (exact) mass is 336 g/mol. The maximum Gasteiger partial charge on any atom is 0.341 e. The van der Waals surface area contributed by atoms with Gasteiger partial charge in [-0.3, -0.25) is 9.59 Å². The van der Waals surface area contributed by atoms with E-state index in [2.05, 4.69) is 21.0 Å². The van der Waals surface area contributed by atoms with Crippen LogP contribution in [0.1, 0.15) is 27.8 Å².